The summed E-state index contributed by atoms with van der Waals surface area (Å²) in [7, 11) is 0. The van der Waals surface area contributed by atoms with Gasteiger partial charge >= 0.3 is 0 Å². The van der Waals surface area contributed by atoms with Gasteiger partial charge in [-0.25, -0.2) is 0 Å². The Kier molecular flexibility index (Phi) is 5.36. The summed E-state index contributed by atoms with van der Waals surface area (Å²) in [6.07, 6.45) is 2.07. The topological polar surface area (TPSA) is 82.0 Å². The van der Waals surface area contributed by atoms with Crippen molar-refractivity contribution in [2.75, 3.05) is 11.1 Å². The minimum absolute atomic E-state index is 0.0901. The molecule has 0 atom stereocenters. The zero-order chi connectivity index (χ0) is 17.6. The number of hydrogen-bond donors (Lipinski definition) is 2. The largest absolute Gasteiger partial charge is 0.349 e. The van der Waals surface area contributed by atoms with Gasteiger partial charge in [0.1, 0.15) is 0 Å². The summed E-state index contributed by atoms with van der Waals surface area (Å²) in [4.78, 5) is 25.2. The highest BCUT2D eigenvalue weighted by molar-refractivity contribution is 8.00. The van der Waals surface area contributed by atoms with Gasteiger partial charge in [0, 0.05) is 16.6 Å². The van der Waals surface area contributed by atoms with Crippen LogP contribution in [0.1, 0.15) is 28.8 Å². The number of thioether (sulfide) groups is 1. The van der Waals surface area contributed by atoms with Crippen molar-refractivity contribution in [2.45, 2.75) is 23.8 Å². The summed E-state index contributed by atoms with van der Waals surface area (Å²) >= 11 is 1.32. The average Bonchev–Trinajstić information content (AvgIpc) is 3.44. The molecule has 0 unspecified atom stereocenters. The first-order valence-electron chi connectivity index (χ1n) is 7.98. The molecule has 2 amide bonds. The maximum Gasteiger partial charge on any atom is 0.252 e. The minimum atomic E-state index is -0.183. The Morgan fingerprint density at radius 3 is 2.72 bits per heavy atom. The lowest BCUT2D eigenvalue weighted by Crippen LogP contribution is -2.26. The molecule has 0 heterocycles. The number of nitrogens with zero attached hydrogens (tertiary/aromatic N) is 1. The summed E-state index contributed by atoms with van der Waals surface area (Å²) in [5.41, 5.74) is 1.68. The average molecular weight is 351 g/mol. The van der Waals surface area contributed by atoms with E-state index in [2.05, 4.69) is 10.6 Å². The zero-order valence-electron chi connectivity index (χ0n) is 13.5. The van der Waals surface area contributed by atoms with Gasteiger partial charge in [-0.1, -0.05) is 18.2 Å². The predicted molar refractivity (Wildman–Crippen MR) is 97.4 cm³/mol. The fourth-order valence-electron chi connectivity index (χ4n) is 2.28. The van der Waals surface area contributed by atoms with E-state index in [-0.39, 0.29) is 17.6 Å². The smallest absolute Gasteiger partial charge is 0.252 e. The Hall–Kier alpha value is -2.78. The number of hydrogen-bond acceptors (Lipinski definition) is 4. The molecule has 1 aliphatic carbocycles. The van der Waals surface area contributed by atoms with Crippen LogP contribution in [0.4, 0.5) is 5.69 Å². The molecule has 5 nitrogen and oxygen atoms in total. The number of amides is 2. The highest BCUT2D eigenvalue weighted by Gasteiger charge is 2.24. The van der Waals surface area contributed by atoms with Crippen molar-refractivity contribution in [3.8, 4) is 6.07 Å². The molecular weight excluding hydrogens is 334 g/mol. The first-order chi connectivity index (χ1) is 12.2. The molecule has 1 aliphatic rings. The van der Waals surface area contributed by atoms with E-state index in [0.29, 0.717) is 22.9 Å². The van der Waals surface area contributed by atoms with Gasteiger partial charge in [-0.2, -0.15) is 5.26 Å². The molecule has 0 spiro atoms. The van der Waals surface area contributed by atoms with Gasteiger partial charge in [0.15, 0.2) is 0 Å². The summed E-state index contributed by atoms with van der Waals surface area (Å²) in [5.74, 6) is -0.0879. The Bertz CT molecular complexity index is 841. The molecular formula is C19H17N3O2S. The van der Waals surface area contributed by atoms with Gasteiger partial charge in [0.05, 0.1) is 22.9 Å². The van der Waals surface area contributed by atoms with Crippen LogP contribution in [0.15, 0.2) is 53.4 Å². The van der Waals surface area contributed by atoms with E-state index in [9.17, 15) is 9.59 Å². The molecule has 2 N–H and O–H groups in total. The van der Waals surface area contributed by atoms with E-state index in [0.717, 1.165) is 17.7 Å². The Labute approximate surface area is 150 Å². The molecule has 6 heteroatoms. The summed E-state index contributed by atoms with van der Waals surface area (Å²) < 4.78 is 0. The summed E-state index contributed by atoms with van der Waals surface area (Å²) in [5, 5.41) is 14.6. The van der Waals surface area contributed by atoms with Gasteiger partial charge in [0.2, 0.25) is 5.91 Å². The third-order valence-electron chi connectivity index (χ3n) is 3.68. The van der Waals surface area contributed by atoms with E-state index in [1.165, 1.54) is 11.8 Å². The Morgan fingerprint density at radius 1 is 1.16 bits per heavy atom. The third-order valence-corrected chi connectivity index (χ3v) is 4.75. The number of nitriles is 1. The van der Waals surface area contributed by atoms with Crippen LogP contribution in [-0.2, 0) is 4.79 Å². The number of rotatable bonds is 6. The van der Waals surface area contributed by atoms with E-state index < -0.39 is 0 Å². The van der Waals surface area contributed by atoms with Crippen molar-refractivity contribution in [1.82, 2.24) is 5.32 Å². The minimum Gasteiger partial charge on any atom is -0.349 e. The molecule has 0 aliphatic heterocycles. The van der Waals surface area contributed by atoms with Crippen LogP contribution in [0.3, 0.4) is 0 Å². The first kappa shape index (κ1) is 17.1. The van der Waals surface area contributed by atoms with Gasteiger partial charge in [-0.3, -0.25) is 9.59 Å². The lowest BCUT2D eigenvalue weighted by Gasteiger charge is -2.10. The number of benzene rings is 2. The van der Waals surface area contributed by atoms with E-state index in [4.69, 9.17) is 5.26 Å². The molecule has 2 aromatic rings. The van der Waals surface area contributed by atoms with Crippen molar-refractivity contribution in [2.24, 2.45) is 0 Å². The van der Waals surface area contributed by atoms with Gasteiger partial charge in [-0.05, 0) is 43.2 Å². The molecule has 1 fully saturated rings. The first-order valence-corrected chi connectivity index (χ1v) is 8.97. The Morgan fingerprint density at radius 2 is 1.96 bits per heavy atom. The maximum atomic E-state index is 12.3. The molecule has 126 valence electrons. The van der Waals surface area contributed by atoms with Crippen LogP contribution in [0.5, 0.6) is 0 Å². The maximum absolute atomic E-state index is 12.3. The van der Waals surface area contributed by atoms with Crippen LogP contribution < -0.4 is 10.6 Å². The highest BCUT2D eigenvalue weighted by atomic mass is 32.2. The molecule has 3 rings (SSSR count). The summed E-state index contributed by atoms with van der Waals surface area (Å²) in [6.45, 7) is 0. The van der Waals surface area contributed by atoms with E-state index in [1.54, 1.807) is 30.3 Å². The summed E-state index contributed by atoms with van der Waals surface area (Å²) in [6, 6.07) is 16.4. The predicted octanol–water partition coefficient (Wildman–Crippen LogP) is 3.18. The molecule has 0 saturated heterocycles. The van der Waals surface area contributed by atoms with Crippen molar-refractivity contribution < 1.29 is 9.59 Å². The molecule has 0 bridgehead atoms. The zero-order valence-corrected chi connectivity index (χ0v) is 14.3. The number of carbonyl (C=O) groups excluding carboxylic acids is 2. The number of nitrogens with one attached hydrogen (secondary N) is 2. The monoisotopic (exact) mass is 351 g/mol. The fraction of sp³-hybridized carbons (Fsp3) is 0.211. The molecule has 1 saturated carbocycles. The fourth-order valence-corrected chi connectivity index (χ4v) is 3.13. The van der Waals surface area contributed by atoms with E-state index in [1.807, 2.05) is 24.3 Å². The lowest BCUT2D eigenvalue weighted by molar-refractivity contribution is -0.113. The van der Waals surface area contributed by atoms with Crippen LogP contribution >= 0.6 is 11.8 Å². The van der Waals surface area contributed by atoms with Gasteiger partial charge in [0.25, 0.3) is 5.91 Å². The molecule has 2 aromatic carbocycles. The molecule has 0 radical (unpaired) electrons. The van der Waals surface area contributed by atoms with E-state index >= 15 is 0 Å². The second-order valence-corrected chi connectivity index (χ2v) is 6.79. The van der Waals surface area contributed by atoms with Crippen molar-refractivity contribution in [3.63, 3.8) is 0 Å². The van der Waals surface area contributed by atoms with Gasteiger partial charge < -0.3 is 10.6 Å². The second kappa shape index (κ2) is 7.86. The quantitative estimate of drug-likeness (QED) is 0.783. The van der Waals surface area contributed by atoms with Crippen molar-refractivity contribution >= 4 is 29.3 Å². The Balaban J connectivity index is 1.60. The standard InChI is InChI=1S/C19H17N3O2S/c20-11-13-4-3-5-15(10-13)21-18(23)12-25-17-7-2-1-6-16(17)19(24)22-14-8-9-14/h1-7,10,14H,8-9,12H2,(H,21,23)(H,22,24). The molecule has 0 aromatic heterocycles. The van der Waals surface area contributed by atoms with Crippen LogP contribution in [0.2, 0.25) is 0 Å². The second-order valence-electron chi connectivity index (χ2n) is 5.77. The van der Waals surface area contributed by atoms with Crippen LogP contribution in [0.25, 0.3) is 0 Å². The van der Waals surface area contributed by atoms with Crippen molar-refractivity contribution in [1.29, 1.82) is 5.26 Å². The highest BCUT2D eigenvalue weighted by Crippen LogP contribution is 2.25. The van der Waals surface area contributed by atoms with Crippen molar-refractivity contribution in [3.05, 3.63) is 59.7 Å². The molecule has 25 heavy (non-hydrogen) atoms. The normalized spacial score (nSPS) is 12.9. The van der Waals surface area contributed by atoms with Crippen LogP contribution in [-0.4, -0.2) is 23.6 Å². The third kappa shape index (κ3) is 4.85. The number of carbonyl (C=O) groups is 2. The number of anilines is 1. The van der Waals surface area contributed by atoms with Crippen LogP contribution in [0, 0.1) is 11.3 Å². The lowest BCUT2D eigenvalue weighted by atomic mass is 10.2. The van der Waals surface area contributed by atoms with Gasteiger partial charge in [-0.15, -0.1) is 11.8 Å². The SMILES string of the molecule is N#Cc1cccc(NC(=O)CSc2ccccc2C(=O)NC2CC2)c1.